The smallest absolute Gasteiger partial charge is 0.221 e. The van der Waals surface area contributed by atoms with E-state index in [2.05, 4.69) is 10.6 Å². The third-order valence-electron chi connectivity index (χ3n) is 2.76. The molecule has 1 unspecified atom stereocenters. The number of rotatable bonds is 7. The highest BCUT2D eigenvalue weighted by Gasteiger charge is 2.11. The molecule has 2 amide bonds. The Bertz CT molecular complexity index is 438. The van der Waals surface area contributed by atoms with Crippen LogP contribution in [0, 0.1) is 0 Å². The predicted molar refractivity (Wildman–Crippen MR) is 86.1 cm³/mol. The fraction of sp³-hybridized carbons (Fsp3) is 0.467. The monoisotopic (exact) mass is 313 g/mol. The van der Waals surface area contributed by atoms with Gasteiger partial charge in [0.1, 0.15) is 0 Å². The van der Waals surface area contributed by atoms with E-state index < -0.39 is 0 Å². The lowest BCUT2D eigenvalue weighted by Crippen LogP contribution is -2.34. The van der Waals surface area contributed by atoms with Crippen LogP contribution in [0.15, 0.2) is 30.3 Å². The number of hydrogen-bond acceptors (Lipinski definition) is 3. The Morgan fingerprint density at radius 3 is 2.33 bits per heavy atom. The molecule has 118 valence electrons. The van der Waals surface area contributed by atoms with E-state index in [0.717, 1.165) is 5.56 Å². The number of amides is 2. The summed E-state index contributed by atoms with van der Waals surface area (Å²) in [5.41, 5.74) is 6.88. The standard InChI is InChI=1S/C15H23N3O2.ClH/c1-11(2)18-14(19)8-9-17-15(20)10-13(16)12-6-4-3-5-7-12;/h3-7,11,13H,8-10,16H2,1-2H3,(H,17,20)(H,18,19);1H. The second-order valence-electron chi connectivity index (χ2n) is 5.04. The molecule has 0 saturated carbocycles. The first kappa shape index (κ1) is 19.4. The molecule has 0 aromatic heterocycles. The van der Waals surface area contributed by atoms with E-state index in [1.807, 2.05) is 44.2 Å². The molecule has 0 radical (unpaired) electrons. The van der Waals surface area contributed by atoms with Crippen LogP contribution in [0.25, 0.3) is 0 Å². The van der Waals surface area contributed by atoms with Gasteiger partial charge in [-0.15, -0.1) is 12.4 Å². The molecule has 21 heavy (non-hydrogen) atoms. The maximum absolute atomic E-state index is 11.7. The summed E-state index contributed by atoms with van der Waals surface area (Å²) >= 11 is 0. The fourth-order valence-corrected chi connectivity index (χ4v) is 1.80. The first-order chi connectivity index (χ1) is 9.49. The summed E-state index contributed by atoms with van der Waals surface area (Å²) in [5, 5.41) is 5.48. The van der Waals surface area contributed by atoms with Gasteiger partial charge >= 0.3 is 0 Å². The van der Waals surface area contributed by atoms with Crippen LogP contribution in [0.4, 0.5) is 0 Å². The van der Waals surface area contributed by atoms with Gasteiger partial charge in [0.15, 0.2) is 0 Å². The van der Waals surface area contributed by atoms with Crippen molar-refractivity contribution in [2.75, 3.05) is 6.54 Å². The largest absolute Gasteiger partial charge is 0.356 e. The Hall–Kier alpha value is -1.59. The molecule has 1 rings (SSSR count). The zero-order valence-corrected chi connectivity index (χ0v) is 13.3. The van der Waals surface area contributed by atoms with Crippen LogP contribution >= 0.6 is 12.4 Å². The summed E-state index contributed by atoms with van der Waals surface area (Å²) < 4.78 is 0. The van der Waals surface area contributed by atoms with Crippen LogP contribution in [0.1, 0.15) is 38.3 Å². The maximum atomic E-state index is 11.7. The highest BCUT2D eigenvalue weighted by Crippen LogP contribution is 2.12. The average molecular weight is 314 g/mol. The molecule has 0 bridgehead atoms. The molecule has 0 fully saturated rings. The zero-order chi connectivity index (χ0) is 15.0. The minimum absolute atomic E-state index is 0. The number of carbonyl (C=O) groups is 2. The Labute approximate surface area is 132 Å². The lowest BCUT2D eigenvalue weighted by molar-refractivity contribution is -0.122. The first-order valence-corrected chi connectivity index (χ1v) is 6.85. The molecule has 0 aliphatic rings. The van der Waals surface area contributed by atoms with Crippen LogP contribution < -0.4 is 16.4 Å². The van der Waals surface area contributed by atoms with Crippen LogP contribution in [0.3, 0.4) is 0 Å². The molecule has 0 saturated heterocycles. The van der Waals surface area contributed by atoms with E-state index in [0.29, 0.717) is 6.54 Å². The van der Waals surface area contributed by atoms with Gasteiger partial charge in [0, 0.05) is 31.5 Å². The van der Waals surface area contributed by atoms with Gasteiger partial charge in [0.2, 0.25) is 11.8 Å². The molecular formula is C15H24ClN3O2. The Balaban J connectivity index is 0.00000400. The number of hydrogen-bond donors (Lipinski definition) is 3. The third-order valence-corrected chi connectivity index (χ3v) is 2.76. The van der Waals surface area contributed by atoms with E-state index in [1.165, 1.54) is 0 Å². The van der Waals surface area contributed by atoms with Gasteiger partial charge in [-0.3, -0.25) is 9.59 Å². The van der Waals surface area contributed by atoms with Gasteiger partial charge in [-0.1, -0.05) is 30.3 Å². The van der Waals surface area contributed by atoms with Crippen molar-refractivity contribution in [3.63, 3.8) is 0 Å². The van der Waals surface area contributed by atoms with Crippen molar-refractivity contribution in [1.82, 2.24) is 10.6 Å². The van der Waals surface area contributed by atoms with Crippen molar-refractivity contribution in [1.29, 1.82) is 0 Å². The van der Waals surface area contributed by atoms with Gasteiger partial charge in [-0.05, 0) is 19.4 Å². The highest BCUT2D eigenvalue weighted by atomic mass is 35.5. The van der Waals surface area contributed by atoms with Crippen molar-refractivity contribution in [3.8, 4) is 0 Å². The topological polar surface area (TPSA) is 84.2 Å². The van der Waals surface area contributed by atoms with E-state index in [9.17, 15) is 9.59 Å². The van der Waals surface area contributed by atoms with Crippen molar-refractivity contribution >= 4 is 24.2 Å². The molecule has 1 aromatic carbocycles. The summed E-state index contributed by atoms with van der Waals surface area (Å²) in [6, 6.07) is 9.28. The number of carbonyl (C=O) groups excluding carboxylic acids is 2. The second kappa shape index (κ2) is 10.2. The number of nitrogens with one attached hydrogen (secondary N) is 2. The van der Waals surface area contributed by atoms with Crippen LogP contribution in [-0.4, -0.2) is 24.4 Å². The molecular weight excluding hydrogens is 290 g/mol. The Morgan fingerprint density at radius 2 is 1.76 bits per heavy atom. The van der Waals surface area contributed by atoms with E-state index >= 15 is 0 Å². The molecule has 1 atom stereocenters. The number of halogens is 1. The molecule has 0 aliphatic carbocycles. The van der Waals surface area contributed by atoms with Crippen LogP contribution in [0.5, 0.6) is 0 Å². The Morgan fingerprint density at radius 1 is 1.14 bits per heavy atom. The quantitative estimate of drug-likeness (QED) is 0.713. The second-order valence-corrected chi connectivity index (χ2v) is 5.04. The van der Waals surface area contributed by atoms with Crippen LogP contribution in [-0.2, 0) is 9.59 Å². The third kappa shape index (κ3) is 8.32. The molecule has 0 spiro atoms. The summed E-state index contributed by atoms with van der Waals surface area (Å²) in [5.74, 6) is -0.202. The van der Waals surface area contributed by atoms with Crippen molar-refractivity contribution in [2.45, 2.75) is 38.8 Å². The molecule has 0 aliphatic heterocycles. The number of nitrogens with two attached hydrogens (primary N) is 1. The lowest BCUT2D eigenvalue weighted by atomic mass is 10.0. The highest BCUT2D eigenvalue weighted by molar-refractivity contribution is 5.85. The predicted octanol–water partition coefficient (Wildman–Crippen LogP) is 1.53. The van der Waals surface area contributed by atoms with Gasteiger partial charge in [-0.2, -0.15) is 0 Å². The summed E-state index contributed by atoms with van der Waals surface area (Å²) in [7, 11) is 0. The van der Waals surface area contributed by atoms with Gasteiger partial charge < -0.3 is 16.4 Å². The molecule has 6 heteroatoms. The van der Waals surface area contributed by atoms with E-state index in [1.54, 1.807) is 0 Å². The van der Waals surface area contributed by atoms with Gasteiger partial charge in [0.25, 0.3) is 0 Å². The zero-order valence-electron chi connectivity index (χ0n) is 12.5. The Kier molecular flexibility index (Phi) is 9.41. The summed E-state index contributed by atoms with van der Waals surface area (Å²) in [6.45, 7) is 4.13. The van der Waals surface area contributed by atoms with Gasteiger partial charge in [-0.25, -0.2) is 0 Å². The minimum atomic E-state index is -0.319. The first-order valence-electron chi connectivity index (χ1n) is 6.85. The minimum Gasteiger partial charge on any atom is -0.356 e. The van der Waals surface area contributed by atoms with Crippen LogP contribution in [0.2, 0.25) is 0 Å². The van der Waals surface area contributed by atoms with E-state index in [-0.39, 0.29) is 49.1 Å². The SMILES string of the molecule is CC(C)NC(=O)CCNC(=O)CC(N)c1ccccc1.Cl. The summed E-state index contributed by atoms with van der Waals surface area (Å²) in [6.07, 6.45) is 0.500. The number of benzene rings is 1. The van der Waals surface area contributed by atoms with Gasteiger partial charge in [0.05, 0.1) is 0 Å². The fourth-order valence-electron chi connectivity index (χ4n) is 1.80. The van der Waals surface area contributed by atoms with Crippen molar-refractivity contribution in [3.05, 3.63) is 35.9 Å². The molecule has 1 aromatic rings. The lowest BCUT2D eigenvalue weighted by Gasteiger charge is -2.12. The molecule has 0 heterocycles. The molecule has 4 N–H and O–H groups in total. The normalized spacial score (nSPS) is 11.4. The van der Waals surface area contributed by atoms with Crippen molar-refractivity contribution in [2.24, 2.45) is 5.73 Å². The maximum Gasteiger partial charge on any atom is 0.221 e. The average Bonchev–Trinajstić information content (AvgIpc) is 2.38. The summed E-state index contributed by atoms with van der Waals surface area (Å²) in [4.78, 5) is 23.1. The molecule has 5 nitrogen and oxygen atoms in total. The van der Waals surface area contributed by atoms with E-state index in [4.69, 9.17) is 5.73 Å². The van der Waals surface area contributed by atoms with Crippen molar-refractivity contribution < 1.29 is 9.59 Å².